The lowest BCUT2D eigenvalue weighted by Crippen LogP contribution is -2.57. The number of amides is 4. The Balaban J connectivity index is 1.90. The highest BCUT2D eigenvalue weighted by Gasteiger charge is 2.33. The number of hydrogen-bond donors (Lipinski definition) is 8. The van der Waals surface area contributed by atoms with Crippen LogP contribution < -0.4 is 37.2 Å². The highest BCUT2D eigenvalue weighted by atomic mass is 16.3. The first-order chi connectivity index (χ1) is 23.1. The average Bonchev–Trinajstić information content (AvgIpc) is 3.09. The molecule has 0 fully saturated rings. The third-order valence-corrected chi connectivity index (χ3v) is 8.82. The number of fused-ring (bicyclic) bond motifs is 5. The standard InChI is InChI=1S/C35H54N8O5/c1-36-15-7-12-28-35(48)43(5)30(34(47)40-16-8-11-27(38-3)32(45)41-18-17-37-2)20-23-9-6-10-24(19-23)25-13-14-31(44)26(21-25)22-29(39-4)33(46)42-28/h6,9-10,13-14,19,21,27-30,36-39,44H,7-8,11-12,15-18,20,22H2,1-5H3,(H,40,47)(H,41,45)(H,42,46)/t27-,28-,29-,30-/m0/s1. The third kappa shape index (κ3) is 11.0. The molecule has 264 valence electrons. The highest BCUT2D eigenvalue weighted by molar-refractivity contribution is 5.93. The number of aromatic hydroxyl groups is 1. The van der Waals surface area contributed by atoms with E-state index in [0.717, 1.165) is 16.7 Å². The number of benzene rings is 2. The zero-order chi connectivity index (χ0) is 35.1. The van der Waals surface area contributed by atoms with Crippen LogP contribution in [0, 0.1) is 0 Å². The minimum Gasteiger partial charge on any atom is -0.508 e. The second-order valence-electron chi connectivity index (χ2n) is 12.2. The topological polar surface area (TPSA) is 176 Å². The van der Waals surface area contributed by atoms with Gasteiger partial charge in [0.15, 0.2) is 0 Å². The monoisotopic (exact) mass is 666 g/mol. The summed E-state index contributed by atoms with van der Waals surface area (Å²) in [7, 11) is 8.65. The van der Waals surface area contributed by atoms with Crippen molar-refractivity contribution in [1.29, 1.82) is 0 Å². The molecule has 4 amide bonds. The van der Waals surface area contributed by atoms with E-state index in [4.69, 9.17) is 0 Å². The predicted molar refractivity (Wildman–Crippen MR) is 187 cm³/mol. The molecule has 0 aromatic heterocycles. The van der Waals surface area contributed by atoms with E-state index >= 15 is 0 Å². The van der Waals surface area contributed by atoms with Crippen LogP contribution >= 0.6 is 0 Å². The van der Waals surface area contributed by atoms with E-state index in [-0.39, 0.29) is 42.2 Å². The van der Waals surface area contributed by atoms with Gasteiger partial charge in [-0.15, -0.1) is 0 Å². The van der Waals surface area contributed by atoms with Crippen molar-refractivity contribution in [2.75, 3.05) is 61.4 Å². The van der Waals surface area contributed by atoms with Gasteiger partial charge in [0.25, 0.3) is 0 Å². The van der Waals surface area contributed by atoms with Gasteiger partial charge in [0, 0.05) is 39.5 Å². The molecular formula is C35H54N8O5. The maximum absolute atomic E-state index is 14.1. The van der Waals surface area contributed by atoms with Gasteiger partial charge in [0.05, 0.1) is 12.1 Å². The quantitative estimate of drug-likeness (QED) is 0.121. The van der Waals surface area contributed by atoms with Crippen LogP contribution in [-0.2, 0) is 32.0 Å². The van der Waals surface area contributed by atoms with Crippen molar-refractivity contribution < 1.29 is 24.3 Å². The predicted octanol–water partition coefficient (Wildman–Crippen LogP) is -0.123. The van der Waals surface area contributed by atoms with Crippen LogP contribution in [0.4, 0.5) is 0 Å². The average molecular weight is 667 g/mol. The van der Waals surface area contributed by atoms with Gasteiger partial charge in [-0.2, -0.15) is 0 Å². The molecule has 2 aromatic rings. The van der Waals surface area contributed by atoms with E-state index in [9.17, 15) is 24.3 Å². The molecule has 4 atom stereocenters. The van der Waals surface area contributed by atoms with Gasteiger partial charge >= 0.3 is 0 Å². The lowest BCUT2D eigenvalue weighted by Gasteiger charge is -2.32. The van der Waals surface area contributed by atoms with Gasteiger partial charge in [-0.05, 0) is 94.8 Å². The lowest BCUT2D eigenvalue weighted by molar-refractivity contribution is -0.142. The molecule has 13 heteroatoms. The van der Waals surface area contributed by atoms with Crippen molar-refractivity contribution in [1.82, 2.24) is 42.1 Å². The zero-order valence-electron chi connectivity index (χ0n) is 28.9. The molecule has 48 heavy (non-hydrogen) atoms. The molecule has 0 unspecified atom stereocenters. The summed E-state index contributed by atoms with van der Waals surface area (Å²) in [5, 5.41) is 31.6. The van der Waals surface area contributed by atoms with Crippen molar-refractivity contribution >= 4 is 23.6 Å². The van der Waals surface area contributed by atoms with Crippen molar-refractivity contribution in [3.05, 3.63) is 53.6 Å². The largest absolute Gasteiger partial charge is 0.508 e. The minimum absolute atomic E-state index is 0.0841. The molecule has 1 aliphatic heterocycles. The number of rotatable bonds is 15. The van der Waals surface area contributed by atoms with Crippen LogP contribution in [0.2, 0.25) is 0 Å². The third-order valence-electron chi connectivity index (χ3n) is 8.82. The maximum Gasteiger partial charge on any atom is 0.245 e. The van der Waals surface area contributed by atoms with Crippen LogP contribution in [0.5, 0.6) is 5.75 Å². The molecule has 2 aromatic carbocycles. The molecule has 0 spiro atoms. The van der Waals surface area contributed by atoms with Gasteiger partial charge in [-0.25, -0.2) is 0 Å². The number of carbonyl (C=O) groups excluding carboxylic acids is 4. The van der Waals surface area contributed by atoms with Crippen LogP contribution in [0.25, 0.3) is 11.1 Å². The molecular weight excluding hydrogens is 612 g/mol. The molecule has 0 radical (unpaired) electrons. The Bertz CT molecular complexity index is 1370. The number of nitrogens with one attached hydrogen (secondary N) is 7. The smallest absolute Gasteiger partial charge is 0.245 e. The first kappa shape index (κ1) is 38.4. The van der Waals surface area contributed by atoms with Gasteiger partial charge in [0.2, 0.25) is 23.6 Å². The Morgan fingerprint density at radius 2 is 1.67 bits per heavy atom. The van der Waals surface area contributed by atoms with Crippen LogP contribution in [-0.4, -0.2) is 119 Å². The highest BCUT2D eigenvalue weighted by Crippen LogP contribution is 2.28. The van der Waals surface area contributed by atoms with Gasteiger partial charge in [-0.1, -0.05) is 30.3 Å². The van der Waals surface area contributed by atoms with Crippen LogP contribution in [0.15, 0.2) is 42.5 Å². The molecule has 1 aliphatic rings. The van der Waals surface area contributed by atoms with E-state index in [1.54, 1.807) is 27.2 Å². The minimum atomic E-state index is -0.865. The molecule has 13 nitrogen and oxygen atoms in total. The fourth-order valence-electron chi connectivity index (χ4n) is 5.87. The molecule has 0 saturated carbocycles. The summed E-state index contributed by atoms with van der Waals surface area (Å²) in [6.07, 6.45) is 2.53. The van der Waals surface area contributed by atoms with Crippen molar-refractivity contribution in [2.24, 2.45) is 0 Å². The number of phenols is 1. The molecule has 8 N–H and O–H groups in total. The first-order valence-electron chi connectivity index (χ1n) is 16.8. The summed E-state index contributed by atoms with van der Waals surface area (Å²) in [5.74, 6) is -1.07. The summed E-state index contributed by atoms with van der Waals surface area (Å²) in [6.45, 7) is 2.16. The van der Waals surface area contributed by atoms with E-state index in [1.807, 2.05) is 50.5 Å². The Morgan fingerprint density at radius 1 is 0.917 bits per heavy atom. The fourth-order valence-corrected chi connectivity index (χ4v) is 5.87. The Kier molecular flexibility index (Phi) is 15.8. The fraction of sp³-hybridized carbons (Fsp3) is 0.543. The zero-order valence-corrected chi connectivity index (χ0v) is 28.9. The Labute approximate surface area is 284 Å². The summed E-state index contributed by atoms with van der Waals surface area (Å²) >= 11 is 0. The van der Waals surface area contributed by atoms with Crippen LogP contribution in [0.1, 0.15) is 36.8 Å². The first-order valence-corrected chi connectivity index (χ1v) is 16.8. The van der Waals surface area contributed by atoms with Crippen LogP contribution in [0.3, 0.4) is 0 Å². The molecule has 0 saturated heterocycles. The second kappa shape index (κ2) is 19.7. The summed E-state index contributed by atoms with van der Waals surface area (Å²) in [5.41, 5.74) is 3.21. The van der Waals surface area contributed by atoms with Gasteiger partial charge in [0.1, 0.15) is 17.8 Å². The van der Waals surface area contributed by atoms with E-state index in [2.05, 4.69) is 37.2 Å². The summed E-state index contributed by atoms with van der Waals surface area (Å²) in [6, 6.07) is 10.3. The normalized spacial score (nSPS) is 19.1. The van der Waals surface area contributed by atoms with E-state index in [1.165, 1.54) is 4.90 Å². The lowest BCUT2D eigenvalue weighted by atomic mass is 9.95. The van der Waals surface area contributed by atoms with Gasteiger partial charge < -0.3 is 47.2 Å². The second-order valence-corrected chi connectivity index (χ2v) is 12.2. The van der Waals surface area contributed by atoms with Crippen molar-refractivity contribution in [2.45, 2.75) is 62.7 Å². The maximum atomic E-state index is 14.1. The Hall–Kier alpha value is -4.04. The summed E-state index contributed by atoms with van der Waals surface area (Å²) < 4.78 is 0. The van der Waals surface area contributed by atoms with E-state index in [0.29, 0.717) is 57.4 Å². The number of hydrogen-bond acceptors (Lipinski definition) is 9. The number of nitrogens with zero attached hydrogens (tertiary/aromatic N) is 1. The number of carbonyl (C=O) groups is 4. The van der Waals surface area contributed by atoms with Crippen molar-refractivity contribution in [3.63, 3.8) is 0 Å². The number of phenolic OH excluding ortho intramolecular Hbond substituents is 1. The molecule has 1 heterocycles. The molecule has 3 rings (SSSR count). The summed E-state index contributed by atoms with van der Waals surface area (Å²) in [4.78, 5) is 55.5. The van der Waals surface area contributed by atoms with Gasteiger partial charge in [-0.3, -0.25) is 19.2 Å². The SMILES string of the molecule is CNCCC[C@@H]1NC(=O)[C@@H](NC)Cc2cc(ccc2O)-c2cccc(c2)C[C@@H](C(=O)NCCC[C@H](NC)C(=O)NCCNC)N(C)C1=O. The van der Waals surface area contributed by atoms with Crippen molar-refractivity contribution in [3.8, 4) is 16.9 Å². The van der Waals surface area contributed by atoms with E-state index < -0.39 is 24.2 Å². The Morgan fingerprint density at radius 3 is 2.38 bits per heavy atom. The molecule has 0 aliphatic carbocycles. The molecule has 4 bridgehead atoms. The number of likely N-dealkylation sites (N-methyl/N-ethyl adjacent to an activating group) is 4.